The Morgan fingerprint density at radius 2 is 2.39 bits per heavy atom. The molecule has 2 N–H and O–H groups in total. The van der Waals surface area contributed by atoms with Crippen LogP contribution in [0.5, 0.6) is 0 Å². The van der Waals surface area contributed by atoms with E-state index < -0.39 is 5.60 Å². The molecule has 1 fully saturated rings. The van der Waals surface area contributed by atoms with Crippen molar-refractivity contribution in [3.8, 4) is 0 Å². The van der Waals surface area contributed by atoms with Gasteiger partial charge in [0.2, 0.25) is 0 Å². The van der Waals surface area contributed by atoms with Crippen LogP contribution in [0.3, 0.4) is 0 Å². The molecule has 1 aliphatic rings. The van der Waals surface area contributed by atoms with Crippen LogP contribution in [0.2, 0.25) is 0 Å². The summed E-state index contributed by atoms with van der Waals surface area (Å²) in [6.45, 7) is 9.02. The quantitative estimate of drug-likeness (QED) is 0.833. The molecule has 5 heteroatoms. The van der Waals surface area contributed by atoms with Crippen LogP contribution in [-0.2, 0) is 13.0 Å². The Morgan fingerprint density at radius 1 is 1.61 bits per heavy atom. The van der Waals surface area contributed by atoms with Crippen LogP contribution >= 0.6 is 0 Å². The largest absolute Gasteiger partial charge is 0.389 e. The molecule has 102 valence electrons. The third-order valence-corrected chi connectivity index (χ3v) is 3.80. The van der Waals surface area contributed by atoms with E-state index in [1.54, 1.807) is 6.33 Å². The molecule has 1 aliphatic heterocycles. The number of hydrogen-bond donors (Lipinski definition) is 2. The minimum Gasteiger partial charge on any atom is -0.389 e. The first-order valence-corrected chi connectivity index (χ1v) is 6.81. The van der Waals surface area contributed by atoms with Gasteiger partial charge in [0, 0.05) is 19.5 Å². The van der Waals surface area contributed by atoms with Crippen molar-refractivity contribution in [2.75, 3.05) is 13.1 Å². The van der Waals surface area contributed by atoms with Gasteiger partial charge in [-0.2, -0.15) is 5.10 Å². The maximum Gasteiger partial charge on any atom is 0.138 e. The summed E-state index contributed by atoms with van der Waals surface area (Å²) >= 11 is 0. The Hall–Kier alpha value is -0.940. The van der Waals surface area contributed by atoms with Crippen LogP contribution < -0.4 is 5.32 Å². The highest BCUT2D eigenvalue weighted by Crippen LogP contribution is 2.27. The number of nitrogens with one attached hydrogen (secondary N) is 1. The van der Waals surface area contributed by atoms with Crippen LogP contribution in [0.1, 0.15) is 33.0 Å². The number of aliphatic hydroxyl groups is 1. The van der Waals surface area contributed by atoms with E-state index in [0.29, 0.717) is 12.3 Å². The average molecular weight is 252 g/mol. The van der Waals surface area contributed by atoms with Crippen LogP contribution in [0, 0.1) is 11.8 Å². The number of rotatable bonds is 4. The monoisotopic (exact) mass is 252 g/mol. The highest BCUT2D eigenvalue weighted by Gasteiger charge is 2.37. The third-order valence-electron chi connectivity index (χ3n) is 3.80. The molecular formula is C13H24N4O. The standard InChI is InChI=1S/C13H24N4O/c1-10(2)8-17-12(15-9-16-17)6-13(18)4-5-14-7-11(13)3/h9-11,14,18H,4-8H2,1-3H3. The van der Waals surface area contributed by atoms with Gasteiger partial charge in [-0.05, 0) is 24.8 Å². The van der Waals surface area contributed by atoms with E-state index in [4.69, 9.17) is 0 Å². The number of aromatic nitrogens is 3. The summed E-state index contributed by atoms with van der Waals surface area (Å²) in [5, 5.41) is 18.3. The Kier molecular flexibility index (Phi) is 4.02. The summed E-state index contributed by atoms with van der Waals surface area (Å²) < 4.78 is 1.93. The molecule has 1 aromatic rings. The molecule has 2 heterocycles. The molecule has 0 radical (unpaired) electrons. The second-order valence-corrected chi connectivity index (χ2v) is 5.89. The molecule has 0 spiro atoms. The van der Waals surface area contributed by atoms with E-state index in [2.05, 4.69) is 36.2 Å². The fourth-order valence-electron chi connectivity index (χ4n) is 2.52. The van der Waals surface area contributed by atoms with Crippen LogP contribution in [0.15, 0.2) is 6.33 Å². The van der Waals surface area contributed by atoms with E-state index in [-0.39, 0.29) is 5.92 Å². The highest BCUT2D eigenvalue weighted by molar-refractivity contribution is 4.99. The van der Waals surface area contributed by atoms with Gasteiger partial charge in [-0.3, -0.25) is 0 Å². The lowest BCUT2D eigenvalue weighted by atomic mass is 9.80. The van der Waals surface area contributed by atoms with E-state index in [1.165, 1.54) is 0 Å². The van der Waals surface area contributed by atoms with Gasteiger partial charge >= 0.3 is 0 Å². The molecule has 2 atom stereocenters. The second-order valence-electron chi connectivity index (χ2n) is 5.89. The summed E-state index contributed by atoms with van der Waals surface area (Å²) in [7, 11) is 0. The molecule has 0 aromatic carbocycles. The zero-order valence-corrected chi connectivity index (χ0v) is 11.6. The summed E-state index contributed by atoms with van der Waals surface area (Å²) in [5.74, 6) is 1.68. The van der Waals surface area contributed by atoms with E-state index >= 15 is 0 Å². The molecule has 0 bridgehead atoms. The summed E-state index contributed by atoms with van der Waals surface area (Å²) in [4.78, 5) is 4.31. The molecule has 18 heavy (non-hydrogen) atoms. The lowest BCUT2D eigenvalue weighted by molar-refractivity contribution is -0.0353. The Balaban J connectivity index is 2.10. The van der Waals surface area contributed by atoms with Crippen molar-refractivity contribution in [2.45, 2.75) is 45.8 Å². The molecule has 2 unspecified atom stereocenters. The minimum atomic E-state index is -0.646. The Bertz CT molecular complexity index is 390. The molecule has 1 aromatic heterocycles. The summed E-state index contributed by atoms with van der Waals surface area (Å²) in [6.07, 6.45) is 2.97. The number of hydrogen-bond acceptors (Lipinski definition) is 4. The van der Waals surface area contributed by atoms with Crippen LogP contribution in [0.4, 0.5) is 0 Å². The first kappa shape index (κ1) is 13.5. The average Bonchev–Trinajstić information content (AvgIpc) is 2.69. The molecule has 0 aliphatic carbocycles. The van der Waals surface area contributed by atoms with Gasteiger partial charge < -0.3 is 10.4 Å². The summed E-state index contributed by atoms with van der Waals surface area (Å²) in [5.41, 5.74) is -0.646. The zero-order chi connectivity index (χ0) is 13.2. The van der Waals surface area contributed by atoms with Crippen molar-refractivity contribution in [3.63, 3.8) is 0 Å². The SMILES string of the molecule is CC(C)Cn1ncnc1CC1(O)CCNCC1C. The fourth-order valence-corrected chi connectivity index (χ4v) is 2.52. The highest BCUT2D eigenvalue weighted by atomic mass is 16.3. The molecule has 2 rings (SSSR count). The predicted molar refractivity (Wildman–Crippen MR) is 70.2 cm³/mol. The van der Waals surface area contributed by atoms with E-state index in [0.717, 1.165) is 31.9 Å². The Labute approximate surface area is 109 Å². The first-order chi connectivity index (χ1) is 8.51. The second kappa shape index (κ2) is 5.36. The lowest BCUT2D eigenvalue weighted by Crippen LogP contribution is -2.50. The van der Waals surface area contributed by atoms with Crippen molar-refractivity contribution >= 4 is 0 Å². The van der Waals surface area contributed by atoms with E-state index in [9.17, 15) is 5.11 Å². The molecule has 5 nitrogen and oxygen atoms in total. The van der Waals surface area contributed by atoms with Gasteiger partial charge in [0.1, 0.15) is 12.2 Å². The van der Waals surface area contributed by atoms with Crippen LogP contribution in [0.25, 0.3) is 0 Å². The fraction of sp³-hybridized carbons (Fsp3) is 0.846. The summed E-state index contributed by atoms with van der Waals surface area (Å²) in [6, 6.07) is 0. The van der Waals surface area contributed by atoms with Crippen molar-refractivity contribution in [1.82, 2.24) is 20.1 Å². The van der Waals surface area contributed by atoms with Gasteiger partial charge in [-0.25, -0.2) is 9.67 Å². The molecule has 1 saturated heterocycles. The zero-order valence-electron chi connectivity index (χ0n) is 11.6. The van der Waals surface area contributed by atoms with Crippen molar-refractivity contribution in [2.24, 2.45) is 11.8 Å². The van der Waals surface area contributed by atoms with Gasteiger partial charge in [0.25, 0.3) is 0 Å². The maximum atomic E-state index is 10.7. The molecular weight excluding hydrogens is 228 g/mol. The van der Waals surface area contributed by atoms with Crippen molar-refractivity contribution in [1.29, 1.82) is 0 Å². The maximum absolute atomic E-state index is 10.7. The number of piperidine rings is 1. The van der Waals surface area contributed by atoms with Gasteiger partial charge in [-0.15, -0.1) is 0 Å². The first-order valence-electron chi connectivity index (χ1n) is 6.81. The topological polar surface area (TPSA) is 63.0 Å². The molecule has 0 amide bonds. The minimum absolute atomic E-state index is 0.246. The third kappa shape index (κ3) is 2.90. The van der Waals surface area contributed by atoms with Gasteiger partial charge in [0.05, 0.1) is 5.60 Å². The smallest absolute Gasteiger partial charge is 0.138 e. The van der Waals surface area contributed by atoms with E-state index in [1.807, 2.05) is 4.68 Å². The number of nitrogens with zero attached hydrogens (tertiary/aromatic N) is 3. The normalized spacial score (nSPS) is 28.8. The molecule has 0 saturated carbocycles. The van der Waals surface area contributed by atoms with Gasteiger partial charge in [0.15, 0.2) is 0 Å². The Morgan fingerprint density at radius 3 is 3.06 bits per heavy atom. The van der Waals surface area contributed by atoms with Crippen molar-refractivity contribution in [3.05, 3.63) is 12.2 Å². The van der Waals surface area contributed by atoms with Crippen molar-refractivity contribution < 1.29 is 5.11 Å². The van der Waals surface area contributed by atoms with Crippen LogP contribution in [-0.4, -0.2) is 38.6 Å². The lowest BCUT2D eigenvalue weighted by Gasteiger charge is -2.38. The van der Waals surface area contributed by atoms with Gasteiger partial charge in [-0.1, -0.05) is 20.8 Å². The predicted octanol–water partition coefficient (Wildman–Crippen LogP) is 0.837.